The van der Waals surface area contributed by atoms with Gasteiger partial charge in [-0.3, -0.25) is 9.59 Å². The lowest BCUT2D eigenvalue weighted by Gasteiger charge is -2.19. The molecule has 0 saturated heterocycles. The van der Waals surface area contributed by atoms with Crippen LogP contribution in [0, 0.1) is 5.92 Å². The third-order valence-electron chi connectivity index (χ3n) is 3.30. The third-order valence-corrected chi connectivity index (χ3v) is 4.31. The quantitative estimate of drug-likeness (QED) is 0.921. The number of thiophene rings is 1. The summed E-state index contributed by atoms with van der Waals surface area (Å²) >= 11 is 1.62. The van der Waals surface area contributed by atoms with Gasteiger partial charge >= 0.3 is 5.97 Å². The van der Waals surface area contributed by atoms with Gasteiger partial charge < -0.3 is 10.0 Å². The number of carboxylic acids is 1. The summed E-state index contributed by atoms with van der Waals surface area (Å²) < 4.78 is 1.16. The van der Waals surface area contributed by atoms with Gasteiger partial charge in [0.05, 0.1) is 12.3 Å². The Hall–Kier alpha value is -1.88. The number of likely N-dealkylation sites (N-methyl/N-ethyl adjacent to an activating group) is 1. The number of hydrogen-bond donors (Lipinski definition) is 1. The molecule has 1 aromatic carbocycles. The van der Waals surface area contributed by atoms with Crippen molar-refractivity contribution in [3.05, 3.63) is 35.2 Å². The molecule has 1 N–H and O–H groups in total. The van der Waals surface area contributed by atoms with E-state index >= 15 is 0 Å². The van der Waals surface area contributed by atoms with Crippen LogP contribution in [0.2, 0.25) is 0 Å². The fourth-order valence-electron chi connectivity index (χ4n) is 2.06. The highest BCUT2D eigenvalue weighted by Crippen LogP contribution is 2.26. The van der Waals surface area contributed by atoms with Gasteiger partial charge in [-0.05, 0) is 22.4 Å². The fraction of sp³-hybridized carbons (Fsp3) is 0.333. The van der Waals surface area contributed by atoms with Crippen LogP contribution in [0.4, 0.5) is 0 Å². The molecule has 5 heteroatoms. The number of rotatable bonds is 5. The van der Waals surface area contributed by atoms with E-state index < -0.39 is 11.9 Å². The number of aliphatic carboxylic acids is 1. The van der Waals surface area contributed by atoms with Gasteiger partial charge in [0.15, 0.2) is 0 Å². The molecular weight excluding hydrogens is 274 g/mol. The van der Waals surface area contributed by atoms with E-state index in [1.807, 2.05) is 29.6 Å². The van der Waals surface area contributed by atoms with Gasteiger partial charge in [0.25, 0.3) is 0 Å². The van der Waals surface area contributed by atoms with Gasteiger partial charge in [0, 0.05) is 18.3 Å². The van der Waals surface area contributed by atoms with E-state index in [4.69, 9.17) is 5.11 Å². The molecule has 0 aliphatic rings. The molecule has 0 aliphatic heterocycles. The van der Waals surface area contributed by atoms with Crippen LogP contribution in [0.15, 0.2) is 29.6 Å². The van der Waals surface area contributed by atoms with Crippen LogP contribution in [0.25, 0.3) is 10.1 Å². The Morgan fingerprint density at radius 2 is 2.05 bits per heavy atom. The van der Waals surface area contributed by atoms with Crippen LogP contribution in [0.5, 0.6) is 0 Å². The molecule has 106 valence electrons. The van der Waals surface area contributed by atoms with Gasteiger partial charge in [-0.1, -0.05) is 25.1 Å². The summed E-state index contributed by atoms with van der Waals surface area (Å²) in [6.07, 6.45) is 0.312. The molecule has 1 amide bonds. The van der Waals surface area contributed by atoms with E-state index in [0.29, 0.717) is 6.42 Å². The molecule has 0 fully saturated rings. The van der Waals surface area contributed by atoms with Crippen molar-refractivity contribution in [2.45, 2.75) is 13.3 Å². The van der Waals surface area contributed by atoms with E-state index in [9.17, 15) is 9.59 Å². The van der Waals surface area contributed by atoms with Crippen LogP contribution in [0.1, 0.15) is 12.5 Å². The van der Waals surface area contributed by atoms with Crippen molar-refractivity contribution in [2.24, 2.45) is 5.92 Å². The molecule has 1 heterocycles. The number of carbonyl (C=O) groups excluding carboxylic acids is 1. The second-order valence-corrected chi connectivity index (χ2v) is 5.86. The molecule has 0 bridgehead atoms. The van der Waals surface area contributed by atoms with Gasteiger partial charge in [-0.15, -0.1) is 11.3 Å². The van der Waals surface area contributed by atoms with Crippen LogP contribution in [-0.4, -0.2) is 35.5 Å². The summed E-state index contributed by atoms with van der Waals surface area (Å²) in [7, 11) is 1.65. The normalized spacial score (nSPS) is 12.3. The number of carboxylic acid groups (broad SMARTS) is 1. The Balaban J connectivity index is 2.06. The molecule has 1 atom stereocenters. The zero-order valence-corrected chi connectivity index (χ0v) is 12.3. The van der Waals surface area contributed by atoms with Gasteiger partial charge in [0.1, 0.15) is 0 Å². The second kappa shape index (κ2) is 6.05. The number of hydrogen-bond acceptors (Lipinski definition) is 3. The largest absolute Gasteiger partial charge is 0.481 e. The molecule has 0 saturated carbocycles. The lowest BCUT2D eigenvalue weighted by atomic mass is 10.1. The fourth-order valence-corrected chi connectivity index (χ4v) is 3.02. The van der Waals surface area contributed by atoms with E-state index in [1.165, 1.54) is 4.90 Å². The first-order valence-electron chi connectivity index (χ1n) is 6.41. The first-order valence-corrected chi connectivity index (χ1v) is 7.29. The Morgan fingerprint density at radius 1 is 1.35 bits per heavy atom. The topological polar surface area (TPSA) is 57.6 Å². The predicted octanol–water partition coefficient (Wildman–Crippen LogP) is 2.62. The Bertz CT molecular complexity index is 635. The van der Waals surface area contributed by atoms with Crippen molar-refractivity contribution in [3.8, 4) is 0 Å². The molecular formula is C15H17NO3S. The minimum atomic E-state index is -0.884. The summed E-state index contributed by atoms with van der Waals surface area (Å²) in [5, 5.41) is 12.0. The average Bonchev–Trinajstić information content (AvgIpc) is 2.82. The summed E-state index contributed by atoms with van der Waals surface area (Å²) in [6, 6.07) is 7.98. The van der Waals surface area contributed by atoms with Crippen molar-refractivity contribution in [2.75, 3.05) is 13.6 Å². The Labute approximate surface area is 121 Å². The highest BCUT2D eigenvalue weighted by atomic mass is 32.1. The number of carbonyl (C=O) groups is 2. The zero-order valence-electron chi connectivity index (χ0n) is 11.5. The van der Waals surface area contributed by atoms with Gasteiger partial charge in [0.2, 0.25) is 5.91 Å². The summed E-state index contributed by atoms with van der Waals surface area (Å²) in [5.74, 6) is -1.49. The van der Waals surface area contributed by atoms with Crippen LogP contribution in [-0.2, 0) is 16.0 Å². The van der Waals surface area contributed by atoms with Crippen LogP contribution < -0.4 is 0 Å². The Morgan fingerprint density at radius 3 is 2.75 bits per heavy atom. The summed E-state index contributed by atoms with van der Waals surface area (Å²) in [6.45, 7) is 1.84. The maximum absolute atomic E-state index is 12.1. The second-order valence-electron chi connectivity index (χ2n) is 4.95. The van der Waals surface area contributed by atoms with Gasteiger partial charge in [-0.2, -0.15) is 0 Å². The highest BCUT2D eigenvalue weighted by molar-refractivity contribution is 7.17. The third kappa shape index (κ3) is 3.17. The van der Waals surface area contributed by atoms with Crippen molar-refractivity contribution in [1.82, 2.24) is 4.90 Å². The zero-order chi connectivity index (χ0) is 14.7. The standard InChI is InChI=1S/C15H17NO3S/c1-10(15(18)19)8-16(2)14(17)7-11-9-20-13-6-4-3-5-12(11)13/h3-6,9-10H,7-8H2,1-2H3,(H,18,19). The first kappa shape index (κ1) is 14.5. The number of amides is 1. The molecule has 1 aromatic heterocycles. The SMILES string of the molecule is CC(CN(C)C(=O)Cc1csc2ccccc12)C(=O)O. The maximum Gasteiger partial charge on any atom is 0.308 e. The monoisotopic (exact) mass is 291 g/mol. The number of nitrogens with zero attached hydrogens (tertiary/aromatic N) is 1. The van der Waals surface area contributed by atoms with Crippen LogP contribution in [0.3, 0.4) is 0 Å². The van der Waals surface area contributed by atoms with E-state index in [2.05, 4.69) is 0 Å². The predicted molar refractivity (Wildman–Crippen MR) is 80.0 cm³/mol. The minimum Gasteiger partial charge on any atom is -0.481 e. The van der Waals surface area contributed by atoms with E-state index in [0.717, 1.165) is 15.6 Å². The molecule has 2 aromatic rings. The lowest BCUT2D eigenvalue weighted by molar-refractivity contribution is -0.142. The minimum absolute atomic E-state index is 0.0540. The molecule has 2 rings (SSSR count). The molecule has 1 unspecified atom stereocenters. The molecule has 20 heavy (non-hydrogen) atoms. The first-order chi connectivity index (χ1) is 9.49. The van der Waals surface area contributed by atoms with E-state index in [-0.39, 0.29) is 12.5 Å². The van der Waals surface area contributed by atoms with Gasteiger partial charge in [-0.25, -0.2) is 0 Å². The molecule has 4 nitrogen and oxygen atoms in total. The van der Waals surface area contributed by atoms with Crippen LogP contribution >= 0.6 is 11.3 Å². The number of benzene rings is 1. The smallest absolute Gasteiger partial charge is 0.308 e. The average molecular weight is 291 g/mol. The summed E-state index contributed by atoms with van der Waals surface area (Å²) in [5.41, 5.74) is 1.01. The van der Waals surface area contributed by atoms with E-state index in [1.54, 1.807) is 25.3 Å². The van der Waals surface area contributed by atoms with Crippen molar-refractivity contribution in [3.63, 3.8) is 0 Å². The van der Waals surface area contributed by atoms with Crippen molar-refractivity contribution >= 4 is 33.3 Å². The molecule has 0 aliphatic carbocycles. The molecule has 0 radical (unpaired) electrons. The van der Waals surface area contributed by atoms with Crippen molar-refractivity contribution < 1.29 is 14.7 Å². The summed E-state index contributed by atoms with van der Waals surface area (Å²) in [4.78, 5) is 24.5. The number of fused-ring (bicyclic) bond motifs is 1. The Kier molecular flexibility index (Phi) is 4.39. The van der Waals surface area contributed by atoms with Crippen molar-refractivity contribution in [1.29, 1.82) is 0 Å². The molecule has 0 spiro atoms. The maximum atomic E-state index is 12.1. The lowest BCUT2D eigenvalue weighted by Crippen LogP contribution is -2.34. The highest BCUT2D eigenvalue weighted by Gasteiger charge is 2.18.